The zero-order valence-corrected chi connectivity index (χ0v) is 22.8. The predicted octanol–water partition coefficient (Wildman–Crippen LogP) is 6.53. The standard InChI is InChI=1S/C31H33FN2O5/c1-34-19-23(22-9-6-7-10-26(22)34)27(35)11-8-14-33-25-16-20(15-24(32)30(25)38-4)12-13-21-17-28(36-2)31(39-5)29(18-21)37-3/h6,8-9,12-19,33H,7,10-11H2,1-5H3/b13-12-,14-8-. The summed E-state index contributed by atoms with van der Waals surface area (Å²) in [4.78, 5) is 12.9. The van der Waals surface area contributed by atoms with Crippen LogP contribution in [-0.2, 0) is 13.5 Å². The minimum absolute atomic E-state index is 0.0247. The number of anilines is 1. The van der Waals surface area contributed by atoms with Crippen molar-refractivity contribution in [3.63, 3.8) is 0 Å². The Bertz CT molecular complexity index is 1430. The van der Waals surface area contributed by atoms with Crippen molar-refractivity contribution >= 4 is 29.7 Å². The number of benzene rings is 2. The highest BCUT2D eigenvalue weighted by Crippen LogP contribution is 2.39. The maximum atomic E-state index is 14.9. The first-order chi connectivity index (χ1) is 18.9. The third kappa shape index (κ3) is 6.00. The van der Waals surface area contributed by atoms with Crippen LogP contribution in [0.1, 0.15) is 45.6 Å². The number of fused-ring (bicyclic) bond motifs is 1. The number of nitrogens with one attached hydrogen (secondary N) is 1. The van der Waals surface area contributed by atoms with Crippen LogP contribution >= 0.6 is 0 Å². The van der Waals surface area contributed by atoms with Crippen LogP contribution in [0.2, 0.25) is 0 Å². The van der Waals surface area contributed by atoms with Crippen molar-refractivity contribution in [1.29, 1.82) is 0 Å². The van der Waals surface area contributed by atoms with E-state index in [1.165, 1.54) is 18.9 Å². The van der Waals surface area contributed by atoms with Crippen LogP contribution in [0.4, 0.5) is 10.1 Å². The Kier molecular flexibility index (Phi) is 8.76. The molecule has 0 fully saturated rings. The molecule has 39 heavy (non-hydrogen) atoms. The van der Waals surface area contributed by atoms with Crippen molar-refractivity contribution in [2.75, 3.05) is 33.8 Å². The van der Waals surface area contributed by atoms with Gasteiger partial charge in [0.05, 0.1) is 34.1 Å². The normalized spacial score (nSPS) is 12.6. The van der Waals surface area contributed by atoms with Gasteiger partial charge in [0, 0.05) is 36.5 Å². The van der Waals surface area contributed by atoms with Crippen LogP contribution < -0.4 is 24.3 Å². The first kappa shape index (κ1) is 27.6. The van der Waals surface area contributed by atoms with Crippen LogP contribution in [0.5, 0.6) is 23.0 Å². The number of allylic oxidation sites excluding steroid dienone is 2. The van der Waals surface area contributed by atoms with E-state index in [1.807, 2.05) is 30.0 Å². The fourth-order valence-electron chi connectivity index (χ4n) is 4.67. The lowest BCUT2D eigenvalue weighted by atomic mass is 9.99. The molecule has 0 unspecified atom stereocenters. The second-order valence-electron chi connectivity index (χ2n) is 9.00. The number of Topliss-reactive ketones (excluding diaryl/α,β-unsaturated/α-hetero) is 1. The Morgan fingerprint density at radius 3 is 2.28 bits per heavy atom. The third-order valence-corrected chi connectivity index (χ3v) is 6.57. The zero-order chi connectivity index (χ0) is 27.9. The smallest absolute Gasteiger partial charge is 0.203 e. The van der Waals surface area contributed by atoms with Gasteiger partial charge in [-0.2, -0.15) is 0 Å². The van der Waals surface area contributed by atoms with Crippen LogP contribution in [0, 0.1) is 5.82 Å². The number of aryl methyl sites for hydroxylation is 1. The van der Waals surface area contributed by atoms with E-state index >= 15 is 0 Å². The van der Waals surface area contributed by atoms with Gasteiger partial charge in [0.2, 0.25) is 5.75 Å². The maximum absolute atomic E-state index is 14.9. The SMILES string of the molecule is COc1cc(/C=C\c2cc(F)c(OC)c(N/C=C\CC(=O)c3cn(C)c4c3C=CCC4)c2)cc(OC)c1OC. The summed E-state index contributed by atoms with van der Waals surface area (Å²) in [5, 5.41) is 3.06. The van der Waals surface area contributed by atoms with Crippen molar-refractivity contribution in [3.05, 3.63) is 82.6 Å². The molecule has 1 heterocycles. The molecule has 8 heteroatoms. The summed E-state index contributed by atoms with van der Waals surface area (Å²) < 4.78 is 38.3. The fourth-order valence-corrected chi connectivity index (χ4v) is 4.67. The topological polar surface area (TPSA) is 71.0 Å². The van der Waals surface area contributed by atoms with Gasteiger partial charge in [-0.25, -0.2) is 4.39 Å². The number of halogens is 1. The molecule has 1 N–H and O–H groups in total. The molecular weight excluding hydrogens is 499 g/mol. The van der Waals surface area contributed by atoms with Gasteiger partial charge < -0.3 is 28.8 Å². The summed E-state index contributed by atoms with van der Waals surface area (Å²) in [6.07, 6.45) is 15.1. The molecule has 0 spiro atoms. The number of ether oxygens (including phenoxy) is 4. The Morgan fingerprint density at radius 2 is 1.64 bits per heavy atom. The average molecular weight is 533 g/mol. The van der Waals surface area contributed by atoms with Gasteiger partial charge in [-0.1, -0.05) is 30.4 Å². The molecule has 1 aromatic heterocycles. The number of aromatic nitrogens is 1. The van der Waals surface area contributed by atoms with Crippen LogP contribution in [0.25, 0.3) is 18.2 Å². The number of ketones is 1. The second kappa shape index (κ2) is 12.4. The second-order valence-corrected chi connectivity index (χ2v) is 9.00. The zero-order valence-electron chi connectivity index (χ0n) is 22.8. The highest BCUT2D eigenvalue weighted by atomic mass is 19.1. The number of carbonyl (C=O) groups is 1. The van der Waals surface area contributed by atoms with Gasteiger partial charge in [0.1, 0.15) is 0 Å². The molecule has 2 aromatic carbocycles. The molecule has 0 amide bonds. The van der Waals surface area contributed by atoms with Gasteiger partial charge in [-0.05, 0) is 54.4 Å². The largest absolute Gasteiger partial charge is 0.493 e. The Labute approximate surface area is 228 Å². The van der Waals surface area contributed by atoms with Gasteiger partial charge in [-0.3, -0.25) is 4.79 Å². The molecule has 0 aliphatic heterocycles. The van der Waals surface area contributed by atoms with Crippen LogP contribution in [-0.4, -0.2) is 38.8 Å². The van der Waals surface area contributed by atoms with Gasteiger partial charge in [0.15, 0.2) is 28.8 Å². The van der Waals surface area contributed by atoms with Gasteiger partial charge in [-0.15, -0.1) is 0 Å². The summed E-state index contributed by atoms with van der Waals surface area (Å²) in [6.45, 7) is 0. The molecular formula is C31H33FN2O5. The number of hydrogen-bond acceptors (Lipinski definition) is 6. The van der Waals surface area contributed by atoms with E-state index in [-0.39, 0.29) is 18.0 Å². The summed E-state index contributed by atoms with van der Waals surface area (Å²) in [5.41, 5.74) is 4.73. The quantitative estimate of drug-likeness (QED) is 0.224. The van der Waals surface area contributed by atoms with E-state index < -0.39 is 5.82 Å². The van der Waals surface area contributed by atoms with Crippen molar-refractivity contribution in [3.8, 4) is 23.0 Å². The van der Waals surface area contributed by atoms with Crippen LogP contribution in [0.15, 0.2) is 48.8 Å². The van der Waals surface area contributed by atoms with Crippen molar-refractivity contribution in [2.24, 2.45) is 7.05 Å². The molecule has 7 nitrogen and oxygen atoms in total. The summed E-state index contributed by atoms with van der Waals surface area (Å²) >= 11 is 0. The average Bonchev–Trinajstić information content (AvgIpc) is 3.29. The third-order valence-electron chi connectivity index (χ3n) is 6.57. The maximum Gasteiger partial charge on any atom is 0.203 e. The highest BCUT2D eigenvalue weighted by molar-refractivity contribution is 6.00. The summed E-state index contributed by atoms with van der Waals surface area (Å²) in [6, 6.07) is 6.76. The van der Waals surface area contributed by atoms with E-state index in [1.54, 1.807) is 57.9 Å². The lowest BCUT2D eigenvalue weighted by molar-refractivity contribution is 0.0995. The van der Waals surface area contributed by atoms with E-state index in [0.717, 1.165) is 29.5 Å². The number of carbonyl (C=O) groups excluding carboxylic acids is 1. The predicted molar refractivity (Wildman–Crippen MR) is 152 cm³/mol. The number of hydrogen-bond donors (Lipinski definition) is 1. The minimum atomic E-state index is -0.515. The fraction of sp³-hybridized carbons (Fsp3) is 0.258. The van der Waals surface area contributed by atoms with E-state index in [9.17, 15) is 9.18 Å². The minimum Gasteiger partial charge on any atom is -0.493 e. The lowest BCUT2D eigenvalue weighted by Crippen LogP contribution is -2.01. The van der Waals surface area contributed by atoms with E-state index in [2.05, 4.69) is 11.4 Å². The molecule has 1 aliphatic carbocycles. The monoisotopic (exact) mass is 532 g/mol. The molecule has 0 saturated carbocycles. The molecule has 204 valence electrons. The number of rotatable bonds is 11. The molecule has 3 aromatic rings. The molecule has 0 atom stereocenters. The number of methoxy groups -OCH3 is 4. The summed E-state index contributed by atoms with van der Waals surface area (Å²) in [5.74, 6) is 1.13. The Morgan fingerprint density at radius 1 is 0.974 bits per heavy atom. The van der Waals surface area contributed by atoms with Gasteiger partial charge >= 0.3 is 0 Å². The first-order valence-electron chi connectivity index (χ1n) is 12.5. The lowest BCUT2D eigenvalue weighted by Gasteiger charge is -2.13. The van der Waals surface area contributed by atoms with Crippen LogP contribution in [0.3, 0.4) is 0 Å². The first-order valence-corrected chi connectivity index (χ1v) is 12.5. The van der Waals surface area contributed by atoms with E-state index in [4.69, 9.17) is 18.9 Å². The molecule has 4 rings (SSSR count). The molecule has 0 bridgehead atoms. The number of nitrogens with zero attached hydrogens (tertiary/aromatic N) is 1. The van der Waals surface area contributed by atoms with Crippen molar-refractivity contribution in [1.82, 2.24) is 4.57 Å². The summed E-state index contributed by atoms with van der Waals surface area (Å²) in [7, 11) is 8.02. The molecule has 0 saturated heterocycles. The van der Waals surface area contributed by atoms with E-state index in [0.29, 0.717) is 28.5 Å². The van der Waals surface area contributed by atoms with Crippen molar-refractivity contribution in [2.45, 2.75) is 19.3 Å². The Hall–Kier alpha value is -4.46. The molecule has 0 radical (unpaired) electrons. The molecule has 1 aliphatic rings. The highest BCUT2D eigenvalue weighted by Gasteiger charge is 2.18. The Balaban J connectivity index is 1.50. The van der Waals surface area contributed by atoms with Crippen molar-refractivity contribution < 1.29 is 28.1 Å². The van der Waals surface area contributed by atoms with Gasteiger partial charge in [0.25, 0.3) is 0 Å².